The number of nitrogens with zero attached hydrogens (tertiary/aromatic N) is 3. The normalized spacial score (nSPS) is 16.4. The zero-order valence-electron chi connectivity index (χ0n) is 16.7. The van der Waals surface area contributed by atoms with E-state index in [9.17, 15) is 15.0 Å². The minimum absolute atomic E-state index is 0.146. The standard InChI is InChI=1S/C23H24N4O3/c1-14-11-15(8-9-17(14)23(29)30)16-5-4-10-27(13-16)20-12-19(25-26-22(20)24)18-6-2-3-7-21(18)28/h2-3,6-9,11-12,16,28H,4-5,10,13H2,1H3,(H2,24,26)(H,29,30)/t16-/m0/s1. The quantitative estimate of drug-likeness (QED) is 0.606. The first-order valence-corrected chi connectivity index (χ1v) is 9.94. The van der Waals surface area contributed by atoms with Crippen molar-refractivity contribution in [3.8, 4) is 17.0 Å². The number of phenols is 1. The van der Waals surface area contributed by atoms with E-state index >= 15 is 0 Å². The molecule has 1 aliphatic rings. The van der Waals surface area contributed by atoms with E-state index in [1.807, 2.05) is 31.2 Å². The van der Waals surface area contributed by atoms with Crippen LogP contribution in [0.3, 0.4) is 0 Å². The van der Waals surface area contributed by atoms with Crippen LogP contribution in [0.2, 0.25) is 0 Å². The number of hydrogen-bond donors (Lipinski definition) is 3. The number of hydrogen-bond acceptors (Lipinski definition) is 6. The van der Waals surface area contributed by atoms with E-state index in [1.165, 1.54) is 0 Å². The minimum Gasteiger partial charge on any atom is -0.507 e. The van der Waals surface area contributed by atoms with Crippen molar-refractivity contribution in [2.45, 2.75) is 25.7 Å². The number of phenolic OH excluding ortho intramolecular Hbond substituents is 1. The lowest BCUT2D eigenvalue weighted by Crippen LogP contribution is -2.35. The summed E-state index contributed by atoms with van der Waals surface area (Å²) < 4.78 is 0. The lowest BCUT2D eigenvalue weighted by atomic mass is 9.88. The topological polar surface area (TPSA) is 113 Å². The number of aromatic hydroxyl groups is 1. The van der Waals surface area contributed by atoms with Crippen LogP contribution in [0, 0.1) is 6.92 Å². The Balaban J connectivity index is 1.62. The maximum Gasteiger partial charge on any atom is 0.335 e. The van der Waals surface area contributed by atoms with Gasteiger partial charge < -0.3 is 20.8 Å². The van der Waals surface area contributed by atoms with Gasteiger partial charge in [0.2, 0.25) is 0 Å². The van der Waals surface area contributed by atoms with E-state index in [2.05, 4.69) is 15.1 Å². The fourth-order valence-corrected chi connectivity index (χ4v) is 4.12. The Morgan fingerprint density at radius 2 is 1.97 bits per heavy atom. The van der Waals surface area contributed by atoms with Gasteiger partial charge in [-0.2, -0.15) is 0 Å². The highest BCUT2D eigenvalue weighted by Gasteiger charge is 2.25. The molecule has 7 nitrogen and oxygen atoms in total. The van der Waals surface area contributed by atoms with Crippen LogP contribution in [0.1, 0.15) is 40.2 Å². The number of nitrogen functional groups attached to an aromatic ring is 1. The van der Waals surface area contributed by atoms with Crippen molar-refractivity contribution in [2.24, 2.45) is 0 Å². The zero-order chi connectivity index (χ0) is 21.3. The number of rotatable bonds is 4. The van der Waals surface area contributed by atoms with Gasteiger partial charge in [-0.25, -0.2) is 4.79 Å². The summed E-state index contributed by atoms with van der Waals surface area (Å²) in [6.07, 6.45) is 2.01. The van der Waals surface area contributed by atoms with Gasteiger partial charge in [-0.3, -0.25) is 0 Å². The average molecular weight is 404 g/mol. The first-order valence-electron chi connectivity index (χ1n) is 9.94. The highest BCUT2D eigenvalue weighted by atomic mass is 16.4. The van der Waals surface area contributed by atoms with Crippen molar-refractivity contribution in [1.82, 2.24) is 10.2 Å². The van der Waals surface area contributed by atoms with Gasteiger partial charge in [-0.15, -0.1) is 10.2 Å². The Bertz CT molecular complexity index is 1100. The van der Waals surface area contributed by atoms with Crippen molar-refractivity contribution >= 4 is 17.5 Å². The molecule has 0 radical (unpaired) electrons. The van der Waals surface area contributed by atoms with Crippen LogP contribution < -0.4 is 10.6 Å². The number of piperidine rings is 1. The molecule has 0 spiro atoms. The van der Waals surface area contributed by atoms with Crippen LogP contribution in [0.4, 0.5) is 11.5 Å². The van der Waals surface area contributed by atoms with Gasteiger partial charge in [0.25, 0.3) is 0 Å². The Morgan fingerprint density at radius 1 is 1.17 bits per heavy atom. The summed E-state index contributed by atoms with van der Waals surface area (Å²) in [5.41, 5.74) is 10.4. The summed E-state index contributed by atoms with van der Waals surface area (Å²) in [4.78, 5) is 13.5. The third kappa shape index (κ3) is 3.78. The molecule has 1 aromatic heterocycles. The lowest BCUT2D eigenvalue weighted by Gasteiger charge is -2.35. The molecular formula is C23H24N4O3. The third-order valence-electron chi connectivity index (χ3n) is 5.70. The monoisotopic (exact) mass is 404 g/mol. The molecule has 1 atom stereocenters. The molecule has 4 N–H and O–H groups in total. The summed E-state index contributed by atoms with van der Waals surface area (Å²) in [5, 5.41) is 27.7. The molecule has 2 heterocycles. The van der Waals surface area contributed by atoms with E-state index in [0.717, 1.165) is 42.7 Å². The van der Waals surface area contributed by atoms with E-state index in [1.54, 1.807) is 24.3 Å². The molecule has 4 rings (SSSR count). The maximum atomic E-state index is 11.3. The largest absolute Gasteiger partial charge is 0.507 e. The Kier molecular flexibility index (Phi) is 5.27. The number of anilines is 2. The fraction of sp³-hybridized carbons (Fsp3) is 0.261. The van der Waals surface area contributed by atoms with Crippen LogP contribution in [0.15, 0.2) is 48.5 Å². The van der Waals surface area contributed by atoms with Crippen molar-refractivity contribution in [1.29, 1.82) is 0 Å². The summed E-state index contributed by atoms with van der Waals surface area (Å²) in [7, 11) is 0. The molecule has 0 amide bonds. The summed E-state index contributed by atoms with van der Waals surface area (Å²) in [6.45, 7) is 3.43. The molecule has 30 heavy (non-hydrogen) atoms. The Labute approximate surface area is 174 Å². The second-order valence-corrected chi connectivity index (χ2v) is 7.68. The number of para-hydroxylation sites is 1. The summed E-state index contributed by atoms with van der Waals surface area (Å²) in [6, 6.07) is 14.5. The number of carbonyl (C=O) groups is 1. The molecule has 154 valence electrons. The third-order valence-corrected chi connectivity index (χ3v) is 5.70. The molecule has 2 aromatic carbocycles. The summed E-state index contributed by atoms with van der Waals surface area (Å²) in [5.74, 6) is -0.140. The van der Waals surface area contributed by atoms with Gasteiger partial charge in [0.15, 0.2) is 5.82 Å². The average Bonchev–Trinajstić information content (AvgIpc) is 2.74. The van der Waals surface area contributed by atoms with Crippen LogP contribution in [0.25, 0.3) is 11.3 Å². The van der Waals surface area contributed by atoms with E-state index in [0.29, 0.717) is 22.6 Å². The molecule has 0 aliphatic carbocycles. The smallest absolute Gasteiger partial charge is 0.335 e. The Hall–Kier alpha value is -3.61. The van der Waals surface area contributed by atoms with Gasteiger partial charge >= 0.3 is 5.97 Å². The molecule has 3 aromatic rings. The number of benzene rings is 2. The zero-order valence-corrected chi connectivity index (χ0v) is 16.7. The van der Waals surface area contributed by atoms with Gasteiger partial charge in [0.05, 0.1) is 16.9 Å². The molecule has 0 saturated carbocycles. The van der Waals surface area contributed by atoms with Crippen LogP contribution >= 0.6 is 0 Å². The lowest BCUT2D eigenvalue weighted by molar-refractivity contribution is 0.0696. The molecule has 0 bridgehead atoms. The van der Waals surface area contributed by atoms with E-state index in [4.69, 9.17) is 5.73 Å². The number of carboxylic acids is 1. The van der Waals surface area contributed by atoms with E-state index < -0.39 is 5.97 Å². The number of aromatic carboxylic acids is 1. The number of nitrogens with two attached hydrogens (primary N) is 1. The molecule has 1 aliphatic heterocycles. The first-order chi connectivity index (χ1) is 14.4. The highest BCUT2D eigenvalue weighted by Crippen LogP contribution is 2.35. The van der Waals surface area contributed by atoms with Crippen molar-refractivity contribution < 1.29 is 15.0 Å². The highest BCUT2D eigenvalue weighted by molar-refractivity contribution is 5.89. The predicted molar refractivity (Wildman–Crippen MR) is 116 cm³/mol. The molecule has 1 saturated heterocycles. The van der Waals surface area contributed by atoms with Crippen molar-refractivity contribution in [3.63, 3.8) is 0 Å². The molecule has 7 heteroatoms. The molecule has 1 fully saturated rings. The predicted octanol–water partition coefficient (Wildman–Crippen LogP) is 3.82. The summed E-state index contributed by atoms with van der Waals surface area (Å²) >= 11 is 0. The second-order valence-electron chi connectivity index (χ2n) is 7.68. The van der Waals surface area contributed by atoms with Crippen molar-refractivity contribution in [3.05, 3.63) is 65.2 Å². The maximum absolute atomic E-state index is 11.3. The molecular weight excluding hydrogens is 380 g/mol. The van der Waals surface area contributed by atoms with Crippen LogP contribution in [-0.2, 0) is 0 Å². The minimum atomic E-state index is -0.906. The van der Waals surface area contributed by atoms with Gasteiger partial charge in [-0.05, 0) is 55.2 Å². The van der Waals surface area contributed by atoms with Crippen molar-refractivity contribution in [2.75, 3.05) is 23.7 Å². The van der Waals surface area contributed by atoms with Gasteiger partial charge in [0, 0.05) is 24.6 Å². The van der Waals surface area contributed by atoms with Gasteiger partial charge in [-0.1, -0.05) is 24.3 Å². The molecule has 0 unspecified atom stereocenters. The fourth-order valence-electron chi connectivity index (χ4n) is 4.12. The van der Waals surface area contributed by atoms with Gasteiger partial charge in [0.1, 0.15) is 5.75 Å². The SMILES string of the molecule is Cc1cc([C@H]2CCCN(c3cc(-c4ccccc4O)nnc3N)C2)ccc1C(=O)O. The Morgan fingerprint density at radius 3 is 2.70 bits per heavy atom. The number of aromatic nitrogens is 2. The second kappa shape index (κ2) is 8.02. The first kappa shape index (κ1) is 19.7. The number of aryl methyl sites for hydroxylation is 1. The number of carboxylic acid groups (broad SMARTS) is 1. The van der Waals surface area contributed by atoms with Crippen LogP contribution in [0.5, 0.6) is 5.75 Å². The van der Waals surface area contributed by atoms with Crippen LogP contribution in [-0.4, -0.2) is 39.5 Å². The van der Waals surface area contributed by atoms with E-state index in [-0.39, 0.29) is 11.7 Å².